The minimum atomic E-state index is -1.21. The van der Waals surface area contributed by atoms with Gasteiger partial charge in [0.15, 0.2) is 0 Å². The Morgan fingerprint density at radius 2 is 2.16 bits per heavy atom. The first kappa shape index (κ1) is 17.5. The highest BCUT2D eigenvalue weighted by molar-refractivity contribution is 7.84. The quantitative estimate of drug-likeness (QED) is 0.470. The van der Waals surface area contributed by atoms with Crippen LogP contribution < -0.4 is 5.73 Å². The first-order valence-electron chi connectivity index (χ1n) is 7.71. The van der Waals surface area contributed by atoms with E-state index in [9.17, 15) is 4.21 Å². The average Bonchev–Trinajstić information content (AvgIpc) is 3.13. The summed E-state index contributed by atoms with van der Waals surface area (Å²) in [5.74, 6) is 0.479. The summed E-state index contributed by atoms with van der Waals surface area (Å²) in [4.78, 5) is 13.7. The second-order valence-corrected chi connectivity index (χ2v) is 6.70. The number of fused-ring (bicyclic) bond motifs is 1. The Balaban J connectivity index is 2.11. The summed E-state index contributed by atoms with van der Waals surface area (Å²) in [7, 11) is -1.21. The molecule has 9 heteroatoms. The minimum Gasteiger partial charge on any atom is -0.397 e. The molecule has 132 valence electrons. The van der Waals surface area contributed by atoms with Crippen LogP contribution in [0.4, 0.5) is 5.69 Å². The van der Waals surface area contributed by atoms with E-state index in [4.69, 9.17) is 15.6 Å². The molecule has 1 aromatic carbocycles. The number of aliphatic hydroxyl groups excluding tert-OH is 1. The van der Waals surface area contributed by atoms with Gasteiger partial charge in [-0.1, -0.05) is 0 Å². The Morgan fingerprint density at radius 1 is 1.32 bits per heavy atom. The van der Waals surface area contributed by atoms with E-state index in [2.05, 4.69) is 15.0 Å². The van der Waals surface area contributed by atoms with Crippen LogP contribution in [0.5, 0.6) is 0 Å². The topological polar surface area (TPSA) is 116 Å². The van der Waals surface area contributed by atoms with Crippen molar-refractivity contribution in [1.82, 2.24) is 19.5 Å². The van der Waals surface area contributed by atoms with Gasteiger partial charge in [0.05, 0.1) is 52.4 Å². The molecule has 0 spiro atoms. The van der Waals surface area contributed by atoms with E-state index in [1.165, 1.54) is 0 Å². The van der Waals surface area contributed by atoms with Crippen LogP contribution in [0.15, 0.2) is 35.7 Å². The third-order valence-electron chi connectivity index (χ3n) is 3.69. The number of benzene rings is 1. The molecule has 1 unspecified atom stereocenters. The number of aromatic nitrogens is 4. The van der Waals surface area contributed by atoms with Gasteiger partial charge < -0.3 is 15.6 Å². The lowest BCUT2D eigenvalue weighted by atomic mass is 10.1. The average molecular weight is 361 g/mol. The van der Waals surface area contributed by atoms with Gasteiger partial charge in [0.25, 0.3) is 0 Å². The molecular weight excluding hydrogens is 342 g/mol. The Kier molecular flexibility index (Phi) is 5.37. The third kappa shape index (κ3) is 3.68. The summed E-state index contributed by atoms with van der Waals surface area (Å²) in [6.07, 6.45) is 7.10. The van der Waals surface area contributed by atoms with Gasteiger partial charge in [-0.3, -0.25) is 8.78 Å². The van der Waals surface area contributed by atoms with E-state index in [1.54, 1.807) is 41.7 Å². The molecule has 3 rings (SSSR count). The molecule has 0 fully saturated rings. The van der Waals surface area contributed by atoms with Crippen LogP contribution in [-0.4, -0.2) is 54.9 Å². The summed E-state index contributed by atoms with van der Waals surface area (Å²) >= 11 is 0. The molecule has 25 heavy (non-hydrogen) atoms. The lowest BCUT2D eigenvalue weighted by Gasteiger charge is -2.13. The summed E-state index contributed by atoms with van der Waals surface area (Å²) < 4.78 is 19.0. The molecule has 0 aliphatic carbocycles. The van der Waals surface area contributed by atoms with Crippen LogP contribution in [0.25, 0.3) is 16.9 Å². The van der Waals surface area contributed by atoms with Crippen molar-refractivity contribution in [3.63, 3.8) is 0 Å². The van der Waals surface area contributed by atoms with Gasteiger partial charge >= 0.3 is 0 Å². The van der Waals surface area contributed by atoms with Gasteiger partial charge in [-0.15, -0.1) is 0 Å². The predicted molar refractivity (Wildman–Crippen MR) is 95.0 cm³/mol. The normalized spacial score (nSPS) is 12.6. The number of nitrogen functional groups attached to an aromatic ring is 1. The SMILES string of the molecule is CS(=O)c1ccc2nc(-n3ccnc3)nc(CCOCCO)c2c1N. The van der Waals surface area contributed by atoms with Gasteiger partial charge in [-0.2, -0.15) is 0 Å². The van der Waals surface area contributed by atoms with E-state index in [0.29, 0.717) is 46.2 Å². The van der Waals surface area contributed by atoms with Crippen molar-refractivity contribution >= 4 is 27.4 Å². The Hall–Kier alpha value is -2.36. The Bertz CT molecular complexity index is 898. The molecule has 0 aliphatic rings. The van der Waals surface area contributed by atoms with Crippen molar-refractivity contribution in [3.05, 3.63) is 36.5 Å². The van der Waals surface area contributed by atoms with Crippen LogP contribution in [0, 0.1) is 0 Å². The highest BCUT2D eigenvalue weighted by atomic mass is 32.2. The van der Waals surface area contributed by atoms with Crippen molar-refractivity contribution in [2.75, 3.05) is 31.8 Å². The van der Waals surface area contributed by atoms with Crippen molar-refractivity contribution < 1.29 is 14.1 Å². The number of aliphatic hydroxyl groups is 1. The van der Waals surface area contributed by atoms with E-state index in [-0.39, 0.29) is 13.2 Å². The number of nitrogens with zero attached hydrogens (tertiary/aromatic N) is 4. The van der Waals surface area contributed by atoms with Crippen molar-refractivity contribution in [2.24, 2.45) is 0 Å². The molecular formula is C16H19N5O3S. The standard InChI is InChI=1S/C16H19N5O3S/c1-25(23)13-3-2-11-14(15(13)17)12(4-8-24-9-7-22)20-16(19-11)21-6-5-18-10-21/h2-3,5-6,10,22H,4,7-9,17H2,1H3. The number of imidazole rings is 1. The number of rotatable bonds is 7. The molecule has 1 atom stereocenters. The summed E-state index contributed by atoms with van der Waals surface area (Å²) in [6, 6.07) is 3.52. The Morgan fingerprint density at radius 3 is 2.84 bits per heavy atom. The molecule has 0 saturated carbocycles. The largest absolute Gasteiger partial charge is 0.397 e. The van der Waals surface area contributed by atoms with Crippen LogP contribution in [0.1, 0.15) is 5.69 Å². The summed E-state index contributed by atoms with van der Waals surface area (Å²) in [6.45, 7) is 0.609. The van der Waals surface area contributed by atoms with Crippen molar-refractivity contribution in [3.8, 4) is 5.95 Å². The second-order valence-electron chi connectivity index (χ2n) is 5.35. The molecule has 2 aromatic heterocycles. The number of ether oxygens (including phenoxy) is 1. The number of hydrogen-bond acceptors (Lipinski definition) is 7. The van der Waals surface area contributed by atoms with Gasteiger partial charge in [0.2, 0.25) is 5.95 Å². The zero-order valence-corrected chi connectivity index (χ0v) is 14.6. The maximum absolute atomic E-state index is 11.9. The smallest absolute Gasteiger partial charge is 0.235 e. The van der Waals surface area contributed by atoms with Crippen molar-refractivity contribution in [2.45, 2.75) is 11.3 Å². The van der Waals surface area contributed by atoms with Gasteiger partial charge in [-0.05, 0) is 12.1 Å². The number of hydrogen-bond donors (Lipinski definition) is 2. The fourth-order valence-electron chi connectivity index (χ4n) is 2.55. The third-order valence-corrected chi connectivity index (χ3v) is 4.67. The van der Waals surface area contributed by atoms with Gasteiger partial charge in [0, 0.05) is 30.5 Å². The fraction of sp³-hybridized carbons (Fsp3) is 0.312. The summed E-state index contributed by atoms with van der Waals surface area (Å²) in [5.41, 5.74) is 8.04. The van der Waals surface area contributed by atoms with E-state index < -0.39 is 10.8 Å². The monoisotopic (exact) mass is 361 g/mol. The van der Waals surface area contributed by atoms with E-state index >= 15 is 0 Å². The highest BCUT2D eigenvalue weighted by Crippen LogP contribution is 2.29. The molecule has 3 N–H and O–H groups in total. The lowest BCUT2D eigenvalue weighted by Crippen LogP contribution is -2.10. The molecule has 8 nitrogen and oxygen atoms in total. The first-order valence-corrected chi connectivity index (χ1v) is 9.27. The van der Waals surface area contributed by atoms with Gasteiger partial charge in [-0.25, -0.2) is 15.0 Å². The maximum Gasteiger partial charge on any atom is 0.235 e. The molecule has 3 aromatic rings. The lowest BCUT2D eigenvalue weighted by molar-refractivity contribution is 0.0942. The van der Waals surface area contributed by atoms with E-state index in [1.807, 2.05) is 0 Å². The molecule has 0 amide bonds. The molecule has 0 saturated heterocycles. The molecule has 0 bridgehead atoms. The second kappa shape index (κ2) is 7.68. The van der Waals surface area contributed by atoms with Crippen LogP contribution in [0.3, 0.4) is 0 Å². The molecule has 2 heterocycles. The predicted octanol–water partition coefficient (Wildman–Crippen LogP) is 0.686. The fourth-order valence-corrected chi connectivity index (χ4v) is 3.23. The summed E-state index contributed by atoms with van der Waals surface area (Å²) in [5, 5.41) is 9.52. The van der Waals surface area contributed by atoms with Crippen LogP contribution >= 0.6 is 0 Å². The minimum absolute atomic E-state index is 0.0358. The number of anilines is 1. The maximum atomic E-state index is 11.9. The van der Waals surface area contributed by atoms with Crippen LogP contribution in [0.2, 0.25) is 0 Å². The molecule has 0 aliphatic heterocycles. The number of nitrogens with two attached hydrogens (primary N) is 1. The zero-order chi connectivity index (χ0) is 17.8. The van der Waals surface area contributed by atoms with Gasteiger partial charge in [0.1, 0.15) is 6.33 Å². The molecule has 0 radical (unpaired) electrons. The van der Waals surface area contributed by atoms with Crippen LogP contribution in [-0.2, 0) is 22.0 Å². The first-order chi connectivity index (χ1) is 12.1. The van der Waals surface area contributed by atoms with Crippen molar-refractivity contribution in [1.29, 1.82) is 0 Å². The van der Waals surface area contributed by atoms with E-state index in [0.717, 1.165) is 0 Å². The highest BCUT2D eigenvalue weighted by Gasteiger charge is 2.15. The zero-order valence-electron chi connectivity index (χ0n) is 13.8. The Labute approximate surface area is 147 Å².